The predicted molar refractivity (Wildman–Crippen MR) is 129 cm³/mol. The van der Waals surface area contributed by atoms with Gasteiger partial charge in [0.2, 0.25) is 0 Å². The van der Waals surface area contributed by atoms with Gasteiger partial charge in [0, 0.05) is 11.6 Å². The van der Waals surface area contributed by atoms with Gasteiger partial charge in [-0.3, -0.25) is 9.59 Å². The first-order chi connectivity index (χ1) is 15.8. The Kier molecular flexibility index (Phi) is 6.59. The highest BCUT2D eigenvalue weighted by atomic mass is 16.5. The van der Waals surface area contributed by atoms with E-state index in [1.807, 2.05) is 38.1 Å². The normalized spacial score (nSPS) is 20.9. The van der Waals surface area contributed by atoms with Crippen LogP contribution in [0.1, 0.15) is 82.0 Å². The van der Waals surface area contributed by atoms with Gasteiger partial charge in [0.1, 0.15) is 11.5 Å². The Morgan fingerprint density at radius 2 is 1.55 bits per heavy atom. The second kappa shape index (κ2) is 9.42. The van der Waals surface area contributed by atoms with E-state index in [1.165, 1.54) is 5.56 Å². The lowest BCUT2D eigenvalue weighted by molar-refractivity contribution is -0.141. The van der Waals surface area contributed by atoms with Gasteiger partial charge in [-0.1, -0.05) is 51.0 Å². The number of carbonyl (C=O) groups excluding carboxylic acids is 2. The zero-order valence-electron chi connectivity index (χ0n) is 19.9. The first-order valence-electron chi connectivity index (χ1n) is 11.9. The molecule has 5 heteroatoms. The average molecular weight is 448 g/mol. The molecule has 1 saturated heterocycles. The van der Waals surface area contributed by atoms with Crippen LogP contribution in [-0.2, 0) is 9.59 Å². The van der Waals surface area contributed by atoms with Gasteiger partial charge >= 0.3 is 0 Å². The Bertz CT molecular complexity index is 1040. The largest absolute Gasteiger partial charge is 0.507 e. The number of ketones is 1. The van der Waals surface area contributed by atoms with Crippen LogP contribution in [0.5, 0.6) is 5.75 Å². The van der Waals surface area contributed by atoms with Crippen molar-refractivity contribution in [2.24, 2.45) is 0 Å². The van der Waals surface area contributed by atoms with E-state index >= 15 is 0 Å². The van der Waals surface area contributed by atoms with Gasteiger partial charge < -0.3 is 14.7 Å². The van der Waals surface area contributed by atoms with Gasteiger partial charge in [0.05, 0.1) is 17.7 Å². The summed E-state index contributed by atoms with van der Waals surface area (Å²) in [5.74, 6) is -0.190. The molecule has 1 atom stereocenters. The lowest BCUT2D eigenvalue weighted by atomic mass is 9.92. The molecule has 174 valence electrons. The van der Waals surface area contributed by atoms with E-state index in [-0.39, 0.29) is 23.5 Å². The number of ether oxygens (including phenoxy) is 1. The molecule has 1 N–H and O–H groups in total. The molecule has 1 aliphatic carbocycles. The summed E-state index contributed by atoms with van der Waals surface area (Å²) in [5.41, 5.74) is 2.71. The van der Waals surface area contributed by atoms with Gasteiger partial charge in [-0.05, 0) is 68.0 Å². The Hall–Kier alpha value is -3.08. The van der Waals surface area contributed by atoms with Crippen LogP contribution in [-0.4, -0.2) is 33.8 Å². The van der Waals surface area contributed by atoms with Crippen molar-refractivity contribution < 1.29 is 19.4 Å². The van der Waals surface area contributed by atoms with Gasteiger partial charge in [0.15, 0.2) is 0 Å². The number of nitrogens with zero attached hydrogens (tertiary/aromatic N) is 1. The second-order valence-corrected chi connectivity index (χ2v) is 9.66. The van der Waals surface area contributed by atoms with Crippen molar-refractivity contribution >= 4 is 17.4 Å². The van der Waals surface area contributed by atoms with Gasteiger partial charge in [-0.2, -0.15) is 0 Å². The van der Waals surface area contributed by atoms with Crippen molar-refractivity contribution in [1.82, 2.24) is 4.90 Å². The Morgan fingerprint density at radius 1 is 0.939 bits per heavy atom. The van der Waals surface area contributed by atoms with Gasteiger partial charge in [-0.25, -0.2) is 0 Å². The van der Waals surface area contributed by atoms with Crippen molar-refractivity contribution in [3.63, 3.8) is 0 Å². The summed E-state index contributed by atoms with van der Waals surface area (Å²) in [6, 6.07) is 14.5. The van der Waals surface area contributed by atoms with Crippen LogP contribution < -0.4 is 4.74 Å². The Balaban J connectivity index is 1.79. The van der Waals surface area contributed by atoms with E-state index in [0.717, 1.165) is 31.2 Å². The number of amides is 1. The van der Waals surface area contributed by atoms with Crippen LogP contribution in [0, 0.1) is 0 Å². The lowest BCUT2D eigenvalue weighted by Crippen LogP contribution is -2.37. The monoisotopic (exact) mass is 447 g/mol. The summed E-state index contributed by atoms with van der Waals surface area (Å²) >= 11 is 0. The molecule has 0 radical (unpaired) electrons. The van der Waals surface area contributed by atoms with Crippen molar-refractivity contribution in [1.29, 1.82) is 0 Å². The number of Topliss-reactive ketones (excluding diaryl/α,β-unsaturated/α-hetero) is 1. The number of hydrogen-bond acceptors (Lipinski definition) is 4. The molecule has 2 aliphatic rings. The first kappa shape index (κ1) is 23.1. The molecule has 2 aromatic rings. The number of rotatable bonds is 6. The topological polar surface area (TPSA) is 66.8 Å². The van der Waals surface area contributed by atoms with E-state index in [0.29, 0.717) is 17.2 Å². The molecule has 1 amide bonds. The van der Waals surface area contributed by atoms with Gasteiger partial charge in [-0.15, -0.1) is 0 Å². The fourth-order valence-corrected chi connectivity index (χ4v) is 4.92. The highest BCUT2D eigenvalue weighted by Gasteiger charge is 2.49. The molecule has 1 aliphatic heterocycles. The standard InChI is InChI=1S/C28H33NO4/c1-17(2)19-9-11-20(12-10-19)25-24(27(31)28(32)29(25)22-7-5-6-8-22)26(30)21-13-15-23(16-14-21)33-18(3)4/h9-18,22,25,30H,5-8H2,1-4H3/b26-24-. The van der Waals surface area contributed by atoms with Crippen LogP contribution in [0.15, 0.2) is 54.1 Å². The number of hydrogen-bond donors (Lipinski definition) is 1. The van der Waals surface area contributed by atoms with Crippen molar-refractivity contribution in [2.75, 3.05) is 0 Å². The van der Waals surface area contributed by atoms with E-state index in [2.05, 4.69) is 13.8 Å². The average Bonchev–Trinajstić information content (AvgIpc) is 3.40. The van der Waals surface area contributed by atoms with E-state index in [4.69, 9.17) is 4.74 Å². The summed E-state index contributed by atoms with van der Waals surface area (Å²) < 4.78 is 5.69. The molecule has 1 saturated carbocycles. The number of benzene rings is 2. The summed E-state index contributed by atoms with van der Waals surface area (Å²) in [4.78, 5) is 28.1. The molecule has 0 aromatic heterocycles. The number of carbonyl (C=O) groups is 2. The molecule has 5 nitrogen and oxygen atoms in total. The minimum atomic E-state index is -0.611. The molecule has 2 fully saturated rings. The van der Waals surface area contributed by atoms with E-state index < -0.39 is 17.7 Å². The van der Waals surface area contributed by atoms with Crippen LogP contribution in [0.2, 0.25) is 0 Å². The summed E-state index contributed by atoms with van der Waals surface area (Å²) in [6.45, 7) is 8.16. The molecule has 4 rings (SSSR count). The van der Waals surface area contributed by atoms with E-state index in [1.54, 1.807) is 29.2 Å². The number of aliphatic hydroxyl groups is 1. The Morgan fingerprint density at radius 3 is 2.09 bits per heavy atom. The molecule has 2 aromatic carbocycles. The smallest absolute Gasteiger partial charge is 0.295 e. The highest BCUT2D eigenvalue weighted by molar-refractivity contribution is 6.46. The van der Waals surface area contributed by atoms with Crippen molar-refractivity contribution in [3.05, 3.63) is 70.8 Å². The summed E-state index contributed by atoms with van der Waals surface area (Å²) in [5, 5.41) is 11.3. The molecule has 0 bridgehead atoms. The number of aliphatic hydroxyl groups excluding tert-OH is 1. The van der Waals surface area contributed by atoms with E-state index in [9.17, 15) is 14.7 Å². The molecule has 0 spiro atoms. The minimum absolute atomic E-state index is 0.0170. The van der Waals surface area contributed by atoms with Gasteiger partial charge in [0.25, 0.3) is 11.7 Å². The lowest BCUT2D eigenvalue weighted by Gasteiger charge is -2.31. The van der Waals surface area contributed by atoms with Crippen molar-refractivity contribution in [2.45, 2.75) is 77.5 Å². The zero-order valence-corrected chi connectivity index (χ0v) is 19.9. The first-order valence-corrected chi connectivity index (χ1v) is 11.9. The SMILES string of the molecule is CC(C)Oc1ccc(/C(O)=C2/C(=O)C(=O)N(C3CCCC3)C2c2ccc(C(C)C)cc2)cc1. The molecule has 1 unspecified atom stereocenters. The second-order valence-electron chi connectivity index (χ2n) is 9.66. The molecule has 1 heterocycles. The van der Waals surface area contributed by atoms with Crippen LogP contribution in [0.25, 0.3) is 5.76 Å². The Labute approximate surface area is 196 Å². The third kappa shape index (κ3) is 4.54. The maximum absolute atomic E-state index is 13.2. The predicted octanol–water partition coefficient (Wildman–Crippen LogP) is 5.96. The number of likely N-dealkylation sites (tertiary alicyclic amines) is 1. The molecule has 33 heavy (non-hydrogen) atoms. The minimum Gasteiger partial charge on any atom is -0.507 e. The maximum Gasteiger partial charge on any atom is 0.295 e. The maximum atomic E-state index is 13.2. The molecular formula is C28H33NO4. The summed E-state index contributed by atoms with van der Waals surface area (Å²) in [6.07, 6.45) is 3.90. The zero-order chi connectivity index (χ0) is 23.7. The van der Waals surface area contributed by atoms with Crippen LogP contribution in [0.4, 0.5) is 0 Å². The highest BCUT2D eigenvalue weighted by Crippen LogP contribution is 2.43. The van der Waals surface area contributed by atoms with Crippen molar-refractivity contribution in [3.8, 4) is 5.75 Å². The fraction of sp³-hybridized carbons (Fsp3) is 0.429. The fourth-order valence-electron chi connectivity index (χ4n) is 4.92. The van der Waals surface area contributed by atoms with Crippen LogP contribution in [0.3, 0.4) is 0 Å². The third-order valence-corrected chi connectivity index (χ3v) is 6.62. The molecular weight excluding hydrogens is 414 g/mol. The third-order valence-electron chi connectivity index (χ3n) is 6.62. The quantitative estimate of drug-likeness (QED) is 0.337. The van der Waals surface area contributed by atoms with Crippen LogP contribution >= 0.6 is 0 Å². The summed E-state index contributed by atoms with van der Waals surface area (Å²) in [7, 11) is 0.